The van der Waals surface area contributed by atoms with Crippen LogP contribution in [0.1, 0.15) is 41.4 Å². The van der Waals surface area contributed by atoms with E-state index in [4.69, 9.17) is 10.2 Å². The van der Waals surface area contributed by atoms with Gasteiger partial charge in [-0.3, -0.25) is 9.89 Å². The first-order valence-electron chi connectivity index (χ1n) is 11.1. The first-order valence-corrected chi connectivity index (χ1v) is 11.1. The van der Waals surface area contributed by atoms with Gasteiger partial charge in [0, 0.05) is 55.6 Å². The Balaban J connectivity index is 1.30. The van der Waals surface area contributed by atoms with E-state index in [0.29, 0.717) is 11.4 Å². The average molecular weight is 437 g/mol. The number of rotatable bonds is 7. The van der Waals surface area contributed by atoms with E-state index in [1.165, 1.54) is 0 Å². The fourth-order valence-electron chi connectivity index (χ4n) is 3.75. The number of nitrogens with one attached hydrogen (secondary N) is 2. The van der Waals surface area contributed by atoms with Crippen LogP contribution in [-0.4, -0.2) is 54.2 Å². The summed E-state index contributed by atoms with van der Waals surface area (Å²) in [5.74, 6) is 1.98. The molecule has 1 fully saturated rings. The van der Waals surface area contributed by atoms with Gasteiger partial charge < -0.3 is 25.3 Å². The number of aromatic amines is 1. The summed E-state index contributed by atoms with van der Waals surface area (Å²) < 4.78 is 5.82. The zero-order valence-electron chi connectivity index (χ0n) is 19.0. The Morgan fingerprint density at radius 2 is 1.84 bits per heavy atom. The molecule has 3 aromatic rings. The van der Waals surface area contributed by atoms with Crippen LogP contribution in [0.5, 0.6) is 0 Å². The molecule has 8 heteroatoms. The third-order valence-corrected chi connectivity index (χ3v) is 5.81. The predicted octanol–water partition coefficient (Wildman–Crippen LogP) is 2.99. The standard InChI is InChI=1S/C24H32N6O2/c1-24(2,25)21-11-10-20(32-21)9-6-18-16-22(28-27-18)26-23(31)17-4-7-19(8-5-17)30-14-12-29(3)13-15-30/h4-5,7-8,10-11,16H,6,9,12-15,25H2,1-3H3,(H2,26,27,28,31). The van der Waals surface area contributed by atoms with Crippen molar-refractivity contribution < 1.29 is 9.21 Å². The van der Waals surface area contributed by atoms with Crippen LogP contribution < -0.4 is 16.0 Å². The number of amides is 1. The SMILES string of the molecule is CN1CCN(c2ccc(C(=O)Nc3cc(CCc4ccc(C(C)(C)N)o4)[nH]n3)cc2)CC1. The molecule has 1 aromatic carbocycles. The van der Waals surface area contributed by atoms with Crippen molar-refractivity contribution in [3.63, 3.8) is 0 Å². The number of aryl methyl sites for hydroxylation is 2. The summed E-state index contributed by atoms with van der Waals surface area (Å²) in [7, 11) is 2.14. The van der Waals surface area contributed by atoms with E-state index in [0.717, 1.165) is 61.9 Å². The number of H-pyrrole nitrogens is 1. The summed E-state index contributed by atoms with van der Waals surface area (Å²) in [6.45, 7) is 7.94. The van der Waals surface area contributed by atoms with Gasteiger partial charge in [-0.1, -0.05) is 0 Å². The normalized spacial score (nSPS) is 15.2. The second-order valence-corrected chi connectivity index (χ2v) is 9.06. The maximum atomic E-state index is 12.6. The van der Waals surface area contributed by atoms with Crippen LogP contribution in [0.4, 0.5) is 11.5 Å². The second-order valence-electron chi connectivity index (χ2n) is 9.06. The number of furan rings is 1. The van der Waals surface area contributed by atoms with E-state index in [1.807, 2.05) is 56.3 Å². The lowest BCUT2D eigenvalue weighted by Crippen LogP contribution is -2.44. The molecule has 3 heterocycles. The van der Waals surface area contributed by atoms with Crippen molar-refractivity contribution in [2.45, 2.75) is 32.2 Å². The van der Waals surface area contributed by atoms with Gasteiger partial charge in [0.05, 0.1) is 5.54 Å². The van der Waals surface area contributed by atoms with E-state index in [1.54, 1.807) is 0 Å². The molecular weight excluding hydrogens is 404 g/mol. The van der Waals surface area contributed by atoms with Crippen LogP contribution >= 0.6 is 0 Å². The highest BCUT2D eigenvalue weighted by Gasteiger charge is 2.19. The van der Waals surface area contributed by atoms with Gasteiger partial charge in [-0.15, -0.1) is 0 Å². The molecule has 1 aliphatic heterocycles. The van der Waals surface area contributed by atoms with Gasteiger partial charge in [-0.05, 0) is 63.7 Å². The Hall–Kier alpha value is -3.10. The molecule has 0 spiro atoms. The van der Waals surface area contributed by atoms with E-state index < -0.39 is 5.54 Å². The average Bonchev–Trinajstić information content (AvgIpc) is 3.42. The number of benzene rings is 1. The summed E-state index contributed by atoms with van der Waals surface area (Å²) in [4.78, 5) is 17.3. The number of piperazine rings is 1. The summed E-state index contributed by atoms with van der Waals surface area (Å²) >= 11 is 0. The van der Waals surface area contributed by atoms with Gasteiger partial charge in [0.2, 0.25) is 0 Å². The molecule has 170 valence electrons. The predicted molar refractivity (Wildman–Crippen MR) is 126 cm³/mol. The van der Waals surface area contributed by atoms with E-state index in [-0.39, 0.29) is 5.91 Å². The lowest BCUT2D eigenvalue weighted by atomic mass is 10.0. The van der Waals surface area contributed by atoms with Gasteiger partial charge >= 0.3 is 0 Å². The molecule has 0 aliphatic carbocycles. The molecule has 0 atom stereocenters. The molecule has 1 saturated heterocycles. The maximum Gasteiger partial charge on any atom is 0.256 e. The van der Waals surface area contributed by atoms with Crippen LogP contribution in [0, 0.1) is 0 Å². The second kappa shape index (κ2) is 9.18. The number of hydrogen-bond acceptors (Lipinski definition) is 6. The summed E-state index contributed by atoms with van der Waals surface area (Å²) in [6, 6.07) is 13.5. The highest BCUT2D eigenvalue weighted by atomic mass is 16.3. The van der Waals surface area contributed by atoms with Gasteiger partial charge in [0.1, 0.15) is 11.5 Å². The van der Waals surface area contributed by atoms with Crippen molar-refractivity contribution in [2.75, 3.05) is 43.4 Å². The Morgan fingerprint density at radius 3 is 2.50 bits per heavy atom. The van der Waals surface area contributed by atoms with Gasteiger partial charge in [-0.25, -0.2) is 0 Å². The fourth-order valence-corrected chi connectivity index (χ4v) is 3.75. The third-order valence-electron chi connectivity index (χ3n) is 5.81. The molecule has 0 radical (unpaired) electrons. The molecule has 4 rings (SSSR count). The van der Waals surface area contributed by atoms with Crippen LogP contribution in [0.25, 0.3) is 0 Å². The van der Waals surface area contributed by atoms with Crippen molar-refractivity contribution >= 4 is 17.4 Å². The quantitative estimate of drug-likeness (QED) is 0.526. The monoisotopic (exact) mass is 436 g/mol. The van der Waals surface area contributed by atoms with Crippen molar-refractivity contribution in [3.8, 4) is 0 Å². The highest BCUT2D eigenvalue weighted by Crippen LogP contribution is 2.21. The molecule has 4 N–H and O–H groups in total. The van der Waals surface area contributed by atoms with Gasteiger partial charge in [0.25, 0.3) is 5.91 Å². The molecule has 8 nitrogen and oxygen atoms in total. The third kappa shape index (κ3) is 5.38. The molecule has 0 unspecified atom stereocenters. The lowest BCUT2D eigenvalue weighted by Gasteiger charge is -2.34. The number of nitrogens with two attached hydrogens (primary N) is 1. The van der Waals surface area contributed by atoms with E-state index in [2.05, 4.69) is 32.4 Å². The maximum absolute atomic E-state index is 12.6. The minimum atomic E-state index is -0.494. The fraction of sp³-hybridized carbons (Fsp3) is 0.417. The van der Waals surface area contributed by atoms with Gasteiger partial charge in [-0.2, -0.15) is 5.10 Å². The van der Waals surface area contributed by atoms with E-state index >= 15 is 0 Å². The van der Waals surface area contributed by atoms with Crippen molar-refractivity contribution in [1.29, 1.82) is 0 Å². The molecule has 32 heavy (non-hydrogen) atoms. The first-order chi connectivity index (χ1) is 15.3. The minimum Gasteiger partial charge on any atom is -0.464 e. The van der Waals surface area contributed by atoms with Crippen LogP contribution in [0.15, 0.2) is 46.9 Å². The van der Waals surface area contributed by atoms with Crippen LogP contribution in [0.2, 0.25) is 0 Å². The lowest BCUT2D eigenvalue weighted by molar-refractivity contribution is 0.102. The first kappa shape index (κ1) is 22.1. The largest absolute Gasteiger partial charge is 0.464 e. The number of hydrogen-bond donors (Lipinski definition) is 3. The Kier molecular flexibility index (Phi) is 6.34. The van der Waals surface area contributed by atoms with Crippen molar-refractivity contribution in [1.82, 2.24) is 15.1 Å². The Bertz CT molecular complexity index is 1040. The zero-order valence-corrected chi connectivity index (χ0v) is 19.0. The number of anilines is 2. The molecule has 0 saturated carbocycles. The van der Waals surface area contributed by atoms with Crippen LogP contribution in [-0.2, 0) is 18.4 Å². The number of carbonyl (C=O) groups excluding carboxylic acids is 1. The van der Waals surface area contributed by atoms with Gasteiger partial charge in [0.15, 0.2) is 5.82 Å². The Labute approximate surface area is 188 Å². The summed E-state index contributed by atoms with van der Waals surface area (Å²) in [5, 5.41) is 10.1. The topological polar surface area (TPSA) is 103 Å². The molecule has 1 aliphatic rings. The molecular formula is C24H32N6O2. The zero-order chi connectivity index (χ0) is 22.7. The molecule has 2 aromatic heterocycles. The van der Waals surface area contributed by atoms with Crippen LogP contribution in [0.3, 0.4) is 0 Å². The molecule has 1 amide bonds. The number of nitrogens with zero attached hydrogens (tertiary/aromatic N) is 3. The summed E-state index contributed by atoms with van der Waals surface area (Å²) in [6.07, 6.45) is 1.44. The number of likely N-dealkylation sites (N-methyl/N-ethyl adjacent to an activating group) is 1. The highest BCUT2D eigenvalue weighted by molar-refractivity contribution is 6.03. The smallest absolute Gasteiger partial charge is 0.256 e. The number of aromatic nitrogens is 2. The van der Waals surface area contributed by atoms with Crippen molar-refractivity contribution in [2.24, 2.45) is 5.73 Å². The Morgan fingerprint density at radius 1 is 1.12 bits per heavy atom. The molecule has 0 bridgehead atoms. The van der Waals surface area contributed by atoms with Crippen molar-refractivity contribution in [3.05, 3.63) is 65.2 Å². The minimum absolute atomic E-state index is 0.172. The summed E-state index contributed by atoms with van der Waals surface area (Å²) in [5.41, 5.74) is 8.26. The number of carbonyl (C=O) groups is 1. The van der Waals surface area contributed by atoms with E-state index in [9.17, 15) is 4.79 Å².